The highest BCUT2D eigenvalue weighted by atomic mass is 16.6. The molecule has 2 aromatic rings. The molecule has 1 aromatic carbocycles. The van der Waals surface area contributed by atoms with Crippen LogP contribution in [0.3, 0.4) is 0 Å². The number of methoxy groups -OCH3 is 1. The molecule has 10 heteroatoms. The molecule has 0 fully saturated rings. The van der Waals surface area contributed by atoms with Crippen molar-refractivity contribution in [1.29, 1.82) is 0 Å². The van der Waals surface area contributed by atoms with Crippen LogP contribution in [0.1, 0.15) is 32.0 Å². The standard InChI is InChI=1S/C19H24N4O6/c1-19(2,3)29-18(25)21-16(17(24)28-4)9-15-10-20-12-22(15)11-13-5-7-14(8-6-13)23(26)27/h5-8,10,12,16H,9,11H2,1-4H3,(H,21,25)/t16-/m0/s1. The summed E-state index contributed by atoms with van der Waals surface area (Å²) in [5.74, 6) is -0.612. The van der Waals surface area contributed by atoms with E-state index in [1.807, 2.05) is 0 Å². The Morgan fingerprint density at radius 1 is 1.28 bits per heavy atom. The predicted octanol–water partition coefficient (Wildman–Crippen LogP) is 2.45. The van der Waals surface area contributed by atoms with Crippen LogP contribution in [0.4, 0.5) is 10.5 Å². The third-order valence-corrected chi connectivity index (χ3v) is 3.89. The minimum Gasteiger partial charge on any atom is -0.467 e. The van der Waals surface area contributed by atoms with Crippen molar-refractivity contribution in [2.24, 2.45) is 0 Å². The molecule has 0 spiro atoms. The molecule has 2 rings (SSSR count). The molecule has 0 aliphatic carbocycles. The minimum absolute atomic E-state index is 0.00641. The van der Waals surface area contributed by atoms with Crippen LogP contribution in [0.5, 0.6) is 0 Å². The summed E-state index contributed by atoms with van der Waals surface area (Å²) >= 11 is 0. The van der Waals surface area contributed by atoms with Crippen LogP contribution in [0, 0.1) is 10.1 Å². The smallest absolute Gasteiger partial charge is 0.408 e. The molecule has 1 N–H and O–H groups in total. The van der Waals surface area contributed by atoms with Crippen LogP contribution >= 0.6 is 0 Å². The van der Waals surface area contributed by atoms with E-state index in [9.17, 15) is 19.7 Å². The Kier molecular flexibility index (Phi) is 6.92. The number of nitrogens with zero attached hydrogens (tertiary/aromatic N) is 3. The third-order valence-electron chi connectivity index (χ3n) is 3.89. The SMILES string of the molecule is COC(=O)[C@H](Cc1cncn1Cc1ccc([N+](=O)[O-])cc1)NC(=O)OC(C)(C)C. The Bertz CT molecular complexity index is 870. The van der Waals surface area contributed by atoms with Gasteiger partial charge in [0.2, 0.25) is 0 Å². The van der Waals surface area contributed by atoms with Gasteiger partial charge in [-0.2, -0.15) is 0 Å². The fraction of sp³-hybridized carbons (Fsp3) is 0.421. The quantitative estimate of drug-likeness (QED) is 0.427. The van der Waals surface area contributed by atoms with Gasteiger partial charge in [-0.1, -0.05) is 12.1 Å². The number of hydrogen-bond acceptors (Lipinski definition) is 7. The van der Waals surface area contributed by atoms with Gasteiger partial charge in [0.25, 0.3) is 5.69 Å². The predicted molar refractivity (Wildman–Crippen MR) is 103 cm³/mol. The van der Waals surface area contributed by atoms with E-state index in [4.69, 9.17) is 9.47 Å². The molecule has 1 atom stereocenters. The lowest BCUT2D eigenvalue weighted by Gasteiger charge is -2.22. The van der Waals surface area contributed by atoms with Gasteiger partial charge in [-0.05, 0) is 26.3 Å². The zero-order valence-electron chi connectivity index (χ0n) is 16.7. The number of esters is 1. The fourth-order valence-corrected chi connectivity index (χ4v) is 2.57. The normalized spacial score (nSPS) is 12.1. The first-order valence-corrected chi connectivity index (χ1v) is 8.88. The first kappa shape index (κ1) is 21.9. The molecule has 0 aliphatic rings. The molecule has 0 saturated heterocycles. The Morgan fingerprint density at radius 3 is 2.48 bits per heavy atom. The van der Waals surface area contributed by atoms with E-state index in [2.05, 4.69) is 10.3 Å². The summed E-state index contributed by atoms with van der Waals surface area (Å²) in [5, 5.41) is 13.3. The van der Waals surface area contributed by atoms with Crippen molar-refractivity contribution >= 4 is 17.7 Å². The van der Waals surface area contributed by atoms with E-state index in [1.54, 1.807) is 50.0 Å². The van der Waals surface area contributed by atoms with Crippen LogP contribution in [-0.2, 0) is 27.2 Å². The highest BCUT2D eigenvalue weighted by molar-refractivity contribution is 5.81. The lowest BCUT2D eigenvalue weighted by Crippen LogP contribution is -2.45. The topological polar surface area (TPSA) is 126 Å². The number of carbonyl (C=O) groups is 2. The van der Waals surface area contributed by atoms with Gasteiger partial charge in [0, 0.05) is 37.0 Å². The molecule has 1 aromatic heterocycles. The molecule has 1 heterocycles. The second-order valence-electron chi connectivity index (χ2n) is 7.36. The second kappa shape index (κ2) is 9.18. The first-order chi connectivity index (χ1) is 13.6. The van der Waals surface area contributed by atoms with Gasteiger partial charge in [-0.15, -0.1) is 0 Å². The molecule has 0 radical (unpaired) electrons. The minimum atomic E-state index is -0.956. The van der Waals surface area contributed by atoms with Crippen molar-refractivity contribution in [3.63, 3.8) is 0 Å². The maximum atomic E-state index is 12.1. The fourth-order valence-electron chi connectivity index (χ4n) is 2.57. The van der Waals surface area contributed by atoms with E-state index in [1.165, 1.54) is 19.2 Å². The molecule has 0 bridgehead atoms. The molecule has 156 valence electrons. The Hall–Kier alpha value is -3.43. The number of benzene rings is 1. The van der Waals surface area contributed by atoms with E-state index in [0.717, 1.165) is 5.56 Å². The summed E-state index contributed by atoms with van der Waals surface area (Å²) in [6.07, 6.45) is 2.57. The van der Waals surface area contributed by atoms with E-state index in [0.29, 0.717) is 12.2 Å². The van der Waals surface area contributed by atoms with Crippen LogP contribution in [0.2, 0.25) is 0 Å². The van der Waals surface area contributed by atoms with E-state index in [-0.39, 0.29) is 12.1 Å². The number of nitrogens with one attached hydrogen (secondary N) is 1. The number of alkyl carbamates (subject to hydrolysis) is 1. The van der Waals surface area contributed by atoms with Gasteiger partial charge in [-0.3, -0.25) is 10.1 Å². The van der Waals surface area contributed by atoms with E-state index < -0.39 is 28.6 Å². The number of ether oxygens (including phenoxy) is 2. The summed E-state index contributed by atoms with van der Waals surface area (Å²) in [7, 11) is 1.24. The van der Waals surface area contributed by atoms with Crippen molar-refractivity contribution in [2.45, 2.75) is 45.4 Å². The molecule has 0 unspecified atom stereocenters. The monoisotopic (exact) mass is 404 g/mol. The Labute approximate surface area is 168 Å². The molecular weight excluding hydrogens is 380 g/mol. The summed E-state index contributed by atoms with van der Waals surface area (Å²) < 4.78 is 11.8. The van der Waals surface area contributed by atoms with Crippen molar-refractivity contribution in [1.82, 2.24) is 14.9 Å². The molecular formula is C19H24N4O6. The number of imidazole rings is 1. The van der Waals surface area contributed by atoms with Crippen LogP contribution < -0.4 is 5.32 Å². The average Bonchev–Trinajstić information content (AvgIpc) is 3.06. The number of nitro groups is 1. The van der Waals surface area contributed by atoms with Crippen molar-refractivity contribution in [3.05, 3.63) is 58.2 Å². The second-order valence-corrected chi connectivity index (χ2v) is 7.36. The summed E-state index contributed by atoms with van der Waals surface area (Å²) in [6.45, 7) is 5.56. The Balaban J connectivity index is 2.12. The number of non-ortho nitro benzene ring substituents is 1. The number of carbonyl (C=O) groups excluding carboxylic acids is 2. The highest BCUT2D eigenvalue weighted by Crippen LogP contribution is 2.15. The van der Waals surface area contributed by atoms with Gasteiger partial charge in [-0.25, -0.2) is 14.6 Å². The van der Waals surface area contributed by atoms with E-state index >= 15 is 0 Å². The zero-order valence-corrected chi connectivity index (χ0v) is 16.7. The maximum Gasteiger partial charge on any atom is 0.408 e. The molecule has 1 amide bonds. The number of aromatic nitrogens is 2. The summed E-state index contributed by atoms with van der Waals surface area (Å²) in [5.41, 5.74) is 0.800. The van der Waals surface area contributed by atoms with Crippen LogP contribution in [0.15, 0.2) is 36.8 Å². The van der Waals surface area contributed by atoms with Crippen molar-refractivity contribution in [2.75, 3.05) is 7.11 Å². The average molecular weight is 404 g/mol. The largest absolute Gasteiger partial charge is 0.467 e. The highest BCUT2D eigenvalue weighted by Gasteiger charge is 2.26. The van der Waals surface area contributed by atoms with Gasteiger partial charge >= 0.3 is 12.1 Å². The van der Waals surface area contributed by atoms with Crippen molar-refractivity contribution < 1.29 is 24.0 Å². The van der Waals surface area contributed by atoms with Crippen LogP contribution in [-0.4, -0.2) is 45.3 Å². The number of amides is 1. The third kappa shape index (κ3) is 6.59. The molecule has 29 heavy (non-hydrogen) atoms. The number of rotatable bonds is 7. The van der Waals surface area contributed by atoms with Crippen LogP contribution in [0.25, 0.3) is 0 Å². The first-order valence-electron chi connectivity index (χ1n) is 8.88. The Morgan fingerprint density at radius 2 is 1.93 bits per heavy atom. The lowest BCUT2D eigenvalue weighted by molar-refractivity contribution is -0.384. The summed E-state index contributed by atoms with van der Waals surface area (Å²) in [6, 6.07) is 5.19. The maximum absolute atomic E-state index is 12.1. The number of hydrogen-bond donors (Lipinski definition) is 1. The van der Waals surface area contributed by atoms with Gasteiger partial charge in [0.1, 0.15) is 11.6 Å². The summed E-state index contributed by atoms with van der Waals surface area (Å²) in [4.78, 5) is 38.6. The zero-order chi connectivity index (χ0) is 21.6. The molecule has 0 aliphatic heterocycles. The molecule has 10 nitrogen and oxygen atoms in total. The lowest BCUT2D eigenvalue weighted by atomic mass is 10.1. The van der Waals surface area contributed by atoms with Gasteiger partial charge < -0.3 is 19.4 Å². The molecule has 0 saturated carbocycles. The van der Waals surface area contributed by atoms with Crippen molar-refractivity contribution in [3.8, 4) is 0 Å². The van der Waals surface area contributed by atoms with Gasteiger partial charge in [0.05, 0.1) is 18.4 Å². The van der Waals surface area contributed by atoms with Gasteiger partial charge in [0.15, 0.2) is 0 Å². The number of nitro benzene ring substituents is 1.